The van der Waals surface area contributed by atoms with Crippen LogP contribution in [-0.2, 0) is 0 Å². The third-order valence-electron chi connectivity index (χ3n) is 13.6. The number of hydrogen-bond donors (Lipinski definition) is 1. The first-order chi connectivity index (χ1) is 33.2. The molecule has 312 valence electrons. The van der Waals surface area contributed by atoms with Gasteiger partial charge in [-0.3, -0.25) is 0 Å². The first-order valence-corrected chi connectivity index (χ1v) is 22.7. The molecule has 4 heterocycles. The Kier molecular flexibility index (Phi) is 8.21. The highest BCUT2D eigenvalue weighted by molar-refractivity contribution is 6.13. The molecule has 1 N–H and O–H groups in total. The van der Waals surface area contributed by atoms with E-state index < -0.39 is 0 Å². The molecule has 0 bridgehead atoms. The van der Waals surface area contributed by atoms with Crippen molar-refractivity contribution in [2.24, 2.45) is 0 Å². The minimum absolute atomic E-state index is 0.622. The van der Waals surface area contributed by atoms with Crippen LogP contribution in [-0.4, -0.2) is 19.5 Å². The lowest BCUT2D eigenvalue weighted by atomic mass is 9.97. The van der Waals surface area contributed by atoms with Crippen molar-refractivity contribution in [2.45, 2.75) is 0 Å². The van der Waals surface area contributed by atoms with Gasteiger partial charge in [0.05, 0.1) is 27.8 Å². The molecule has 0 unspecified atom stereocenters. The predicted octanol–water partition coefficient (Wildman–Crippen LogP) is 16.6. The monoisotopic (exact) mass is 854 g/mol. The summed E-state index contributed by atoms with van der Waals surface area (Å²) in [5.74, 6) is 0.622. The van der Waals surface area contributed by atoms with Gasteiger partial charge in [0.15, 0.2) is 5.82 Å². The summed E-state index contributed by atoms with van der Waals surface area (Å²) < 4.78 is 9.14. The molecule has 0 atom stereocenters. The standard InChI is InChI=1S/C62H38N4O/c1-3-12-38(13-4-1)44-28-32-58-51(35-44)47-17-8-10-21-57(47)66(58)45-29-33-59-52(37-45)48-18-11-19-49(61(48)67-59)62-64-56-31-27-43(36-53(56)60(65-62)41-14-5-2-6-15-41)40-24-22-39(23-25-40)42-26-30-55-50(34-42)46-16-7-9-20-54(46)63-55/h1-37,63H. The summed E-state index contributed by atoms with van der Waals surface area (Å²) in [6.45, 7) is 0. The number of aromatic nitrogens is 4. The van der Waals surface area contributed by atoms with Crippen LogP contribution < -0.4 is 0 Å². The van der Waals surface area contributed by atoms with Gasteiger partial charge in [0.2, 0.25) is 0 Å². The van der Waals surface area contributed by atoms with Crippen LogP contribution in [0.5, 0.6) is 0 Å². The maximum atomic E-state index is 6.77. The first kappa shape index (κ1) is 37.3. The molecule has 0 saturated heterocycles. The van der Waals surface area contributed by atoms with E-state index in [0.717, 1.165) is 88.5 Å². The van der Waals surface area contributed by atoms with E-state index in [9.17, 15) is 0 Å². The van der Waals surface area contributed by atoms with Crippen LogP contribution in [0, 0.1) is 0 Å². The van der Waals surface area contributed by atoms with Crippen LogP contribution in [0.1, 0.15) is 0 Å². The quantitative estimate of drug-likeness (QED) is 0.181. The molecule has 14 rings (SSSR count). The van der Waals surface area contributed by atoms with E-state index in [1.165, 1.54) is 43.8 Å². The van der Waals surface area contributed by atoms with E-state index in [4.69, 9.17) is 14.4 Å². The van der Waals surface area contributed by atoms with Gasteiger partial charge >= 0.3 is 0 Å². The number of nitrogens with one attached hydrogen (secondary N) is 1. The van der Waals surface area contributed by atoms with Crippen LogP contribution in [0.3, 0.4) is 0 Å². The fraction of sp³-hybridized carbons (Fsp3) is 0. The molecule has 0 radical (unpaired) electrons. The van der Waals surface area contributed by atoms with Gasteiger partial charge in [-0.2, -0.15) is 0 Å². The summed E-state index contributed by atoms with van der Waals surface area (Å²) in [5, 5.41) is 7.97. The molecule has 67 heavy (non-hydrogen) atoms. The highest BCUT2D eigenvalue weighted by atomic mass is 16.3. The number of fused-ring (bicyclic) bond motifs is 10. The number of aromatic amines is 1. The van der Waals surface area contributed by atoms with Crippen molar-refractivity contribution in [1.82, 2.24) is 19.5 Å². The zero-order chi connectivity index (χ0) is 44.0. The van der Waals surface area contributed by atoms with Gasteiger partial charge in [-0.15, -0.1) is 0 Å². The molecule has 0 amide bonds. The molecule has 4 aromatic heterocycles. The lowest BCUT2D eigenvalue weighted by Gasteiger charge is -2.12. The number of hydrogen-bond acceptors (Lipinski definition) is 3. The third kappa shape index (κ3) is 6.02. The van der Waals surface area contributed by atoms with Crippen molar-refractivity contribution in [3.8, 4) is 61.7 Å². The second-order valence-electron chi connectivity index (χ2n) is 17.4. The third-order valence-corrected chi connectivity index (χ3v) is 13.6. The number of nitrogens with zero attached hydrogens (tertiary/aromatic N) is 3. The summed E-state index contributed by atoms with van der Waals surface area (Å²) >= 11 is 0. The summed E-state index contributed by atoms with van der Waals surface area (Å²) in [7, 11) is 0. The van der Waals surface area contributed by atoms with E-state index in [2.05, 4.69) is 228 Å². The zero-order valence-corrected chi connectivity index (χ0v) is 36.1. The van der Waals surface area contributed by atoms with Gasteiger partial charge in [0.1, 0.15) is 11.2 Å². The maximum absolute atomic E-state index is 6.77. The van der Waals surface area contributed by atoms with Crippen LogP contribution in [0.4, 0.5) is 0 Å². The summed E-state index contributed by atoms with van der Waals surface area (Å²) in [6.07, 6.45) is 0. The number of benzene rings is 10. The molecule has 0 fully saturated rings. The van der Waals surface area contributed by atoms with Crippen molar-refractivity contribution in [1.29, 1.82) is 0 Å². The van der Waals surface area contributed by atoms with Gasteiger partial charge in [0.25, 0.3) is 0 Å². The fourth-order valence-electron chi connectivity index (χ4n) is 10.3. The van der Waals surface area contributed by atoms with Crippen LogP contribution in [0.25, 0.3) is 138 Å². The topological polar surface area (TPSA) is 59.6 Å². The summed E-state index contributed by atoms with van der Waals surface area (Å²) in [6, 6.07) is 79.8. The van der Waals surface area contributed by atoms with Crippen LogP contribution in [0.15, 0.2) is 229 Å². The number of furan rings is 1. The Hall–Kier alpha value is -9.06. The normalized spacial score (nSPS) is 11.9. The molecule has 10 aromatic carbocycles. The van der Waals surface area contributed by atoms with E-state index in [1.807, 2.05) is 6.07 Å². The molecule has 0 saturated carbocycles. The molecular weight excluding hydrogens is 817 g/mol. The number of rotatable bonds is 6. The molecule has 5 heteroatoms. The van der Waals surface area contributed by atoms with Crippen molar-refractivity contribution in [2.75, 3.05) is 0 Å². The van der Waals surface area contributed by atoms with Gasteiger partial charge in [-0.1, -0.05) is 152 Å². The first-order valence-electron chi connectivity index (χ1n) is 22.7. The second kappa shape index (κ2) is 14.7. The average Bonchev–Trinajstić information content (AvgIpc) is 4.07. The lowest BCUT2D eigenvalue weighted by Crippen LogP contribution is -1.96. The van der Waals surface area contributed by atoms with Gasteiger partial charge < -0.3 is 14.0 Å². The number of para-hydroxylation sites is 3. The molecule has 0 spiro atoms. The highest BCUT2D eigenvalue weighted by Crippen LogP contribution is 2.41. The fourth-order valence-corrected chi connectivity index (χ4v) is 10.3. The Labute approximate surface area is 384 Å². The largest absolute Gasteiger partial charge is 0.455 e. The average molecular weight is 855 g/mol. The molecule has 14 aromatic rings. The van der Waals surface area contributed by atoms with E-state index >= 15 is 0 Å². The van der Waals surface area contributed by atoms with Gasteiger partial charge in [0, 0.05) is 60.0 Å². The Bertz CT molecular complexity index is 4260. The Morgan fingerprint density at radius 1 is 0.358 bits per heavy atom. The Morgan fingerprint density at radius 2 is 0.955 bits per heavy atom. The molecule has 5 nitrogen and oxygen atoms in total. The minimum Gasteiger partial charge on any atom is -0.455 e. The van der Waals surface area contributed by atoms with Crippen molar-refractivity contribution < 1.29 is 4.42 Å². The van der Waals surface area contributed by atoms with Crippen LogP contribution >= 0.6 is 0 Å². The summed E-state index contributed by atoms with van der Waals surface area (Å²) in [5.41, 5.74) is 17.9. The van der Waals surface area contributed by atoms with Crippen molar-refractivity contribution in [3.63, 3.8) is 0 Å². The number of H-pyrrole nitrogens is 1. The van der Waals surface area contributed by atoms with Crippen molar-refractivity contribution in [3.05, 3.63) is 224 Å². The Balaban J connectivity index is 0.859. The maximum Gasteiger partial charge on any atom is 0.164 e. The predicted molar refractivity (Wildman–Crippen MR) is 278 cm³/mol. The zero-order valence-electron chi connectivity index (χ0n) is 36.1. The SMILES string of the molecule is c1ccc(-c2ccc3c(c2)c2ccccc2n3-c2ccc3oc4c(-c5nc(-c6ccccc6)c6cc(-c7ccc(-c8ccc9[nH]c%10ccccc%10c9c8)cc7)ccc6n5)cccc4c3c2)cc1. The van der Waals surface area contributed by atoms with E-state index in [0.29, 0.717) is 5.82 Å². The smallest absolute Gasteiger partial charge is 0.164 e. The highest BCUT2D eigenvalue weighted by Gasteiger charge is 2.20. The summed E-state index contributed by atoms with van der Waals surface area (Å²) in [4.78, 5) is 14.2. The van der Waals surface area contributed by atoms with Crippen LogP contribution in [0.2, 0.25) is 0 Å². The molecular formula is C62H38N4O. The lowest BCUT2D eigenvalue weighted by molar-refractivity contribution is 0.669. The van der Waals surface area contributed by atoms with Gasteiger partial charge in [-0.05, 0) is 106 Å². The van der Waals surface area contributed by atoms with Crippen molar-refractivity contribution >= 4 is 76.5 Å². The Morgan fingerprint density at radius 3 is 1.76 bits per heavy atom. The van der Waals surface area contributed by atoms with E-state index in [1.54, 1.807) is 0 Å². The second-order valence-corrected chi connectivity index (χ2v) is 17.4. The molecule has 0 aliphatic heterocycles. The molecule has 0 aliphatic carbocycles. The minimum atomic E-state index is 0.622. The van der Waals surface area contributed by atoms with E-state index in [-0.39, 0.29) is 0 Å². The molecule has 0 aliphatic rings. The van der Waals surface area contributed by atoms with Gasteiger partial charge in [-0.25, -0.2) is 9.97 Å².